The molecule has 1 fully saturated rings. The fourth-order valence-corrected chi connectivity index (χ4v) is 2.07. The highest BCUT2D eigenvalue weighted by atomic mass is 16.6. The Bertz CT molecular complexity index is 275. The predicted molar refractivity (Wildman–Crippen MR) is 68.4 cm³/mol. The van der Waals surface area contributed by atoms with Gasteiger partial charge in [-0.05, 0) is 33.6 Å². The Labute approximate surface area is 109 Å². The number of hydrogen-bond donors (Lipinski definition) is 1. The molecule has 0 bridgehead atoms. The lowest BCUT2D eigenvalue weighted by molar-refractivity contribution is -0.0144. The first-order valence-electron chi connectivity index (χ1n) is 6.48. The summed E-state index contributed by atoms with van der Waals surface area (Å²) >= 11 is 0. The number of aliphatic hydroxyl groups is 1. The van der Waals surface area contributed by atoms with Gasteiger partial charge in [0.1, 0.15) is 5.60 Å². The predicted octanol–water partition coefficient (Wildman–Crippen LogP) is 1.64. The average molecular weight is 259 g/mol. The highest BCUT2D eigenvalue weighted by Crippen LogP contribution is 2.22. The molecule has 106 valence electrons. The van der Waals surface area contributed by atoms with Crippen molar-refractivity contribution in [1.82, 2.24) is 4.90 Å². The minimum atomic E-state index is -0.477. The molecule has 18 heavy (non-hydrogen) atoms. The molecule has 0 aliphatic carbocycles. The van der Waals surface area contributed by atoms with Crippen molar-refractivity contribution >= 4 is 6.09 Å². The lowest BCUT2D eigenvalue weighted by atomic mass is 9.92. The summed E-state index contributed by atoms with van der Waals surface area (Å²) in [6.45, 7) is 7.26. The van der Waals surface area contributed by atoms with Gasteiger partial charge in [-0.1, -0.05) is 0 Å². The van der Waals surface area contributed by atoms with Crippen LogP contribution in [0.5, 0.6) is 0 Å². The van der Waals surface area contributed by atoms with Gasteiger partial charge in [-0.15, -0.1) is 0 Å². The zero-order valence-corrected chi connectivity index (χ0v) is 11.8. The smallest absolute Gasteiger partial charge is 0.410 e. The molecule has 0 spiro atoms. The Morgan fingerprint density at radius 2 is 2.11 bits per heavy atom. The first-order valence-corrected chi connectivity index (χ1v) is 6.48. The van der Waals surface area contributed by atoms with Crippen LogP contribution in [0.3, 0.4) is 0 Å². The lowest BCUT2D eigenvalue weighted by Crippen LogP contribution is -2.47. The van der Waals surface area contributed by atoms with Crippen LogP contribution in [0.4, 0.5) is 4.79 Å². The molecule has 1 saturated heterocycles. The number of methoxy groups -OCH3 is 1. The van der Waals surface area contributed by atoms with Gasteiger partial charge in [0.25, 0.3) is 0 Å². The van der Waals surface area contributed by atoms with Gasteiger partial charge in [-0.3, -0.25) is 0 Å². The quantitative estimate of drug-likeness (QED) is 0.837. The number of carbonyl (C=O) groups excluding carboxylic acids is 1. The molecular formula is C13H25NO4. The van der Waals surface area contributed by atoms with E-state index in [0.29, 0.717) is 26.1 Å². The number of carbonyl (C=O) groups is 1. The Balaban J connectivity index is 2.50. The Kier molecular flexibility index (Phi) is 5.41. The van der Waals surface area contributed by atoms with Crippen molar-refractivity contribution in [3.05, 3.63) is 0 Å². The van der Waals surface area contributed by atoms with Crippen LogP contribution >= 0.6 is 0 Å². The third kappa shape index (κ3) is 4.82. The zero-order valence-electron chi connectivity index (χ0n) is 11.8. The number of likely N-dealkylation sites (tertiary alicyclic amines) is 1. The van der Waals surface area contributed by atoms with E-state index in [1.54, 1.807) is 12.0 Å². The number of rotatable bonds is 3. The summed E-state index contributed by atoms with van der Waals surface area (Å²) in [6, 6.07) is 0. The minimum absolute atomic E-state index is 0.0752. The van der Waals surface area contributed by atoms with Crippen molar-refractivity contribution < 1.29 is 19.4 Å². The van der Waals surface area contributed by atoms with E-state index in [-0.39, 0.29) is 18.1 Å². The van der Waals surface area contributed by atoms with E-state index in [0.717, 1.165) is 6.42 Å². The van der Waals surface area contributed by atoms with Crippen LogP contribution in [0, 0.1) is 5.92 Å². The maximum absolute atomic E-state index is 11.9. The summed E-state index contributed by atoms with van der Waals surface area (Å²) in [5, 5.41) is 9.89. The van der Waals surface area contributed by atoms with Crippen LogP contribution < -0.4 is 0 Å². The number of hydrogen-bond acceptors (Lipinski definition) is 4. The van der Waals surface area contributed by atoms with E-state index in [1.165, 1.54) is 0 Å². The Hall–Kier alpha value is -0.810. The third-order valence-electron chi connectivity index (χ3n) is 3.04. The van der Waals surface area contributed by atoms with E-state index < -0.39 is 5.60 Å². The lowest BCUT2D eigenvalue weighted by Gasteiger charge is -2.36. The van der Waals surface area contributed by atoms with Gasteiger partial charge in [-0.2, -0.15) is 0 Å². The molecular weight excluding hydrogens is 234 g/mol. The fourth-order valence-electron chi connectivity index (χ4n) is 2.07. The molecule has 0 aromatic carbocycles. The zero-order chi connectivity index (χ0) is 13.8. The van der Waals surface area contributed by atoms with Crippen molar-refractivity contribution in [2.24, 2.45) is 5.92 Å². The first-order chi connectivity index (χ1) is 8.33. The van der Waals surface area contributed by atoms with Gasteiger partial charge < -0.3 is 19.5 Å². The fraction of sp³-hybridized carbons (Fsp3) is 0.923. The van der Waals surface area contributed by atoms with E-state index >= 15 is 0 Å². The largest absolute Gasteiger partial charge is 0.444 e. The maximum Gasteiger partial charge on any atom is 0.410 e. The second-order valence-electron chi connectivity index (χ2n) is 5.82. The molecule has 1 aliphatic heterocycles. The van der Waals surface area contributed by atoms with Crippen LogP contribution in [0.1, 0.15) is 33.6 Å². The highest BCUT2D eigenvalue weighted by molar-refractivity contribution is 5.68. The van der Waals surface area contributed by atoms with Gasteiger partial charge in [0.2, 0.25) is 0 Å². The van der Waals surface area contributed by atoms with Crippen molar-refractivity contribution in [1.29, 1.82) is 0 Å². The monoisotopic (exact) mass is 259 g/mol. The SMILES string of the molecule is COCCC1CN(C(=O)OC(C)(C)C)CCC1O. The Morgan fingerprint density at radius 3 is 2.67 bits per heavy atom. The Morgan fingerprint density at radius 1 is 1.44 bits per heavy atom. The van der Waals surface area contributed by atoms with Gasteiger partial charge >= 0.3 is 6.09 Å². The summed E-state index contributed by atoms with van der Waals surface area (Å²) < 4.78 is 10.4. The molecule has 5 nitrogen and oxygen atoms in total. The standard InChI is InChI=1S/C13H25NO4/c1-13(2,3)18-12(16)14-7-5-11(15)10(9-14)6-8-17-4/h10-11,15H,5-9H2,1-4H3. The van der Waals surface area contributed by atoms with Gasteiger partial charge in [0.05, 0.1) is 6.10 Å². The summed E-state index contributed by atoms with van der Waals surface area (Å²) in [4.78, 5) is 13.6. The molecule has 0 radical (unpaired) electrons. The van der Waals surface area contributed by atoms with Crippen LogP contribution in [0.15, 0.2) is 0 Å². The molecule has 5 heteroatoms. The van der Waals surface area contributed by atoms with Gasteiger partial charge in [0.15, 0.2) is 0 Å². The first kappa shape index (κ1) is 15.2. The third-order valence-corrected chi connectivity index (χ3v) is 3.04. The number of amides is 1. The molecule has 0 aromatic rings. The van der Waals surface area contributed by atoms with Crippen molar-refractivity contribution in [2.75, 3.05) is 26.8 Å². The van der Waals surface area contributed by atoms with Crippen LogP contribution in [0.25, 0.3) is 0 Å². The summed E-state index contributed by atoms with van der Waals surface area (Å²) in [6.07, 6.45) is 0.723. The summed E-state index contributed by atoms with van der Waals surface area (Å²) in [7, 11) is 1.64. The second-order valence-corrected chi connectivity index (χ2v) is 5.82. The topological polar surface area (TPSA) is 59.0 Å². The summed E-state index contributed by atoms with van der Waals surface area (Å²) in [5.41, 5.74) is -0.477. The molecule has 1 aliphatic rings. The normalized spacial score (nSPS) is 25.1. The summed E-state index contributed by atoms with van der Waals surface area (Å²) in [5.74, 6) is 0.0752. The minimum Gasteiger partial charge on any atom is -0.444 e. The van der Waals surface area contributed by atoms with E-state index in [9.17, 15) is 9.90 Å². The molecule has 1 heterocycles. The van der Waals surface area contributed by atoms with E-state index in [4.69, 9.17) is 9.47 Å². The van der Waals surface area contributed by atoms with E-state index in [1.807, 2.05) is 20.8 Å². The van der Waals surface area contributed by atoms with Crippen LogP contribution in [-0.4, -0.2) is 54.6 Å². The van der Waals surface area contributed by atoms with Gasteiger partial charge in [0, 0.05) is 32.7 Å². The van der Waals surface area contributed by atoms with Gasteiger partial charge in [-0.25, -0.2) is 4.79 Å². The van der Waals surface area contributed by atoms with Crippen molar-refractivity contribution in [2.45, 2.75) is 45.3 Å². The number of ether oxygens (including phenoxy) is 2. The second kappa shape index (κ2) is 6.38. The molecule has 1 N–H and O–H groups in total. The molecule has 1 amide bonds. The average Bonchev–Trinajstić information content (AvgIpc) is 2.25. The number of piperidine rings is 1. The highest BCUT2D eigenvalue weighted by Gasteiger charge is 2.32. The molecule has 2 unspecified atom stereocenters. The molecule has 1 rings (SSSR count). The molecule has 0 saturated carbocycles. The molecule has 2 atom stereocenters. The van der Waals surface area contributed by atoms with Crippen LogP contribution in [0.2, 0.25) is 0 Å². The molecule has 0 aromatic heterocycles. The number of aliphatic hydroxyl groups excluding tert-OH is 1. The van der Waals surface area contributed by atoms with E-state index in [2.05, 4.69) is 0 Å². The number of nitrogens with zero attached hydrogens (tertiary/aromatic N) is 1. The van der Waals surface area contributed by atoms with Crippen molar-refractivity contribution in [3.63, 3.8) is 0 Å². The van der Waals surface area contributed by atoms with Crippen LogP contribution in [-0.2, 0) is 9.47 Å². The van der Waals surface area contributed by atoms with Crippen molar-refractivity contribution in [3.8, 4) is 0 Å². The maximum atomic E-state index is 11.9.